The van der Waals surface area contributed by atoms with Crippen LogP contribution >= 0.6 is 11.6 Å². The topological polar surface area (TPSA) is 49.6 Å². The lowest BCUT2D eigenvalue weighted by Gasteiger charge is -2.09. The molecule has 1 atom stereocenters. The summed E-state index contributed by atoms with van der Waals surface area (Å²) in [6, 6.07) is 11.3. The Morgan fingerprint density at radius 2 is 1.67 bits per heavy atom. The van der Waals surface area contributed by atoms with E-state index in [-0.39, 0.29) is 0 Å². The lowest BCUT2D eigenvalue weighted by atomic mass is 10.00. The third-order valence-corrected chi connectivity index (χ3v) is 2.84. The molecule has 3 nitrogen and oxygen atoms in total. The molecule has 2 aromatic rings. The number of nitrogens with zero attached hydrogens (tertiary/aromatic N) is 3. The predicted octanol–water partition coefficient (Wildman–Crippen LogP) is 3.40. The fraction of sp³-hybridized carbons (Fsp3) is 0.214. The molecule has 0 aliphatic carbocycles. The van der Waals surface area contributed by atoms with Crippen LogP contribution in [0.15, 0.2) is 30.3 Å². The van der Waals surface area contributed by atoms with Crippen LogP contribution in [-0.4, -0.2) is 9.97 Å². The maximum absolute atomic E-state index is 9.32. The number of aromatic nitrogens is 2. The van der Waals surface area contributed by atoms with E-state index < -0.39 is 5.92 Å². The smallest absolute Gasteiger partial charge is 0.150 e. The summed E-state index contributed by atoms with van der Waals surface area (Å²) < 4.78 is 0. The number of rotatable bonds is 2. The van der Waals surface area contributed by atoms with Gasteiger partial charge < -0.3 is 0 Å². The van der Waals surface area contributed by atoms with Gasteiger partial charge in [0.25, 0.3) is 0 Å². The first-order valence-electron chi connectivity index (χ1n) is 5.57. The maximum Gasteiger partial charge on any atom is 0.150 e. The van der Waals surface area contributed by atoms with Crippen molar-refractivity contribution in [3.8, 4) is 6.07 Å². The van der Waals surface area contributed by atoms with E-state index in [1.807, 2.05) is 32.0 Å². The first kappa shape index (κ1) is 12.5. The molecule has 0 saturated carbocycles. The molecule has 0 aliphatic rings. The number of nitriles is 1. The first-order chi connectivity index (χ1) is 8.60. The van der Waals surface area contributed by atoms with Crippen LogP contribution < -0.4 is 0 Å². The van der Waals surface area contributed by atoms with Gasteiger partial charge in [0.2, 0.25) is 0 Å². The van der Waals surface area contributed by atoms with Gasteiger partial charge in [-0.2, -0.15) is 5.26 Å². The van der Waals surface area contributed by atoms with Gasteiger partial charge in [-0.25, -0.2) is 9.97 Å². The van der Waals surface area contributed by atoms with Crippen molar-refractivity contribution >= 4 is 11.6 Å². The van der Waals surface area contributed by atoms with Gasteiger partial charge in [-0.3, -0.25) is 0 Å². The molecule has 1 unspecified atom stereocenters. The minimum atomic E-state index is -0.458. The van der Waals surface area contributed by atoms with E-state index in [2.05, 4.69) is 16.0 Å². The van der Waals surface area contributed by atoms with E-state index in [4.69, 9.17) is 11.6 Å². The van der Waals surface area contributed by atoms with Crippen LogP contribution in [0.25, 0.3) is 0 Å². The summed E-state index contributed by atoms with van der Waals surface area (Å²) in [5.41, 5.74) is 2.59. The Morgan fingerprint density at radius 1 is 1.11 bits per heavy atom. The lowest BCUT2D eigenvalue weighted by molar-refractivity contribution is 0.859. The van der Waals surface area contributed by atoms with Crippen molar-refractivity contribution in [3.63, 3.8) is 0 Å². The summed E-state index contributed by atoms with van der Waals surface area (Å²) in [5.74, 6) is 0.0817. The van der Waals surface area contributed by atoms with Crippen molar-refractivity contribution in [2.45, 2.75) is 19.8 Å². The lowest BCUT2D eigenvalue weighted by Crippen LogP contribution is -2.06. The molecule has 0 amide bonds. The van der Waals surface area contributed by atoms with Crippen molar-refractivity contribution in [2.24, 2.45) is 0 Å². The Kier molecular flexibility index (Phi) is 3.59. The molecular weight excluding hydrogens is 246 g/mol. The maximum atomic E-state index is 9.32. The molecule has 18 heavy (non-hydrogen) atoms. The van der Waals surface area contributed by atoms with Gasteiger partial charge in [0.1, 0.15) is 11.7 Å². The van der Waals surface area contributed by atoms with Crippen LogP contribution in [0.1, 0.15) is 28.7 Å². The van der Waals surface area contributed by atoms with E-state index in [0.29, 0.717) is 10.8 Å². The second-order valence-corrected chi connectivity index (χ2v) is 4.56. The molecule has 0 N–H and O–H groups in total. The fourth-order valence-electron chi connectivity index (χ4n) is 1.82. The second-order valence-electron chi connectivity index (χ2n) is 4.12. The van der Waals surface area contributed by atoms with Crippen LogP contribution in [-0.2, 0) is 0 Å². The molecule has 2 rings (SSSR count). The number of hydrogen-bond donors (Lipinski definition) is 0. The van der Waals surface area contributed by atoms with E-state index in [9.17, 15) is 5.26 Å². The zero-order valence-corrected chi connectivity index (χ0v) is 10.9. The quantitative estimate of drug-likeness (QED) is 0.828. The molecule has 0 saturated heterocycles. The molecule has 0 bridgehead atoms. The Balaban J connectivity index is 2.45. The standard InChI is InChI=1S/C14H12ClN3/c1-9-7-10(2)18-14(17-9)13(8-16)11-3-5-12(15)6-4-11/h3-7,13H,1-2H3. The SMILES string of the molecule is Cc1cc(C)nc(C(C#N)c2ccc(Cl)cc2)n1. The van der Waals surface area contributed by atoms with Crippen molar-refractivity contribution in [1.82, 2.24) is 9.97 Å². The largest absolute Gasteiger partial charge is 0.236 e. The Hall–Kier alpha value is -1.92. The number of halogens is 1. The first-order valence-corrected chi connectivity index (χ1v) is 5.95. The molecule has 1 aromatic carbocycles. The highest BCUT2D eigenvalue weighted by Gasteiger charge is 2.17. The highest BCUT2D eigenvalue weighted by molar-refractivity contribution is 6.30. The van der Waals surface area contributed by atoms with Crippen LogP contribution in [0.5, 0.6) is 0 Å². The minimum absolute atomic E-state index is 0.458. The minimum Gasteiger partial charge on any atom is -0.236 e. The second kappa shape index (κ2) is 5.16. The third-order valence-electron chi connectivity index (χ3n) is 2.59. The van der Waals surface area contributed by atoms with E-state index in [1.54, 1.807) is 12.1 Å². The Labute approximate surface area is 111 Å². The summed E-state index contributed by atoms with van der Waals surface area (Å²) in [6.45, 7) is 3.79. The van der Waals surface area contributed by atoms with Gasteiger partial charge >= 0.3 is 0 Å². The predicted molar refractivity (Wildman–Crippen MR) is 70.4 cm³/mol. The van der Waals surface area contributed by atoms with Gasteiger partial charge in [-0.15, -0.1) is 0 Å². The summed E-state index contributed by atoms with van der Waals surface area (Å²) in [6.07, 6.45) is 0. The van der Waals surface area contributed by atoms with E-state index >= 15 is 0 Å². The molecule has 0 radical (unpaired) electrons. The molecular formula is C14H12ClN3. The summed E-state index contributed by atoms with van der Waals surface area (Å²) in [7, 11) is 0. The number of hydrogen-bond acceptors (Lipinski definition) is 3. The Bertz CT molecular complexity index is 579. The van der Waals surface area contributed by atoms with Crippen LogP contribution in [0, 0.1) is 25.2 Å². The number of benzene rings is 1. The summed E-state index contributed by atoms with van der Waals surface area (Å²) >= 11 is 5.84. The zero-order valence-electron chi connectivity index (χ0n) is 10.2. The molecule has 0 fully saturated rings. The normalized spacial score (nSPS) is 11.9. The average Bonchev–Trinajstić information content (AvgIpc) is 2.31. The number of aryl methyl sites for hydroxylation is 2. The van der Waals surface area contributed by atoms with Crippen molar-refractivity contribution in [2.75, 3.05) is 0 Å². The molecule has 1 heterocycles. The summed E-state index contributed by atoms with van der Waals surface area (Å²) in [4.78, 5) is 8.67. The molecule has 1 aromatic heterocycles. The molecule has 90 valence electrons. The zero-order chi connectivity index (χ0) is 13.1. The van der Waals surface area contributed by atoms with Gasteiger partial charge in [0.05, 0.1) is 6.07 Å². The fourth-order valence-corrected chi connectivity index (χ4v) is 1.94. The molecule has 0 aliphatic heterocycles. The van der Waals surface area contributed by atoms with Gasteiger partial charge in [-0.05, 0) is 37.6 Å². The van der Waals surface area contributed by atoms with Crippen molar-refractivity contribution in [1.29, 1.82) is 5.26 Å². The van der Waals surface area contributed by atoms with Gasteiger partial charge in [0.15, 0.2) is 0 Å². The van der Waals surface area contributed by atoms with E-state index in [1.165, 1.54) is 0 Å². The van der Waals surface area contributed by atoms with Crippen molar-refractivity contribution in [3.05, 3.63) is 58.1 Å². The van der Waals surface area contributed by atoms with Crippen LogP contribution in [0.3, 0.4) is 0 Å². The molecule has 0 spiro atoms. The highest BCUT2D eigenvalue weighted by atomic mass is 35.5. The Morgan fingerprint density at radius 3 is 2.17 bits per heavy atom. The third kappa shape index (κ3) is 2.66. The van der Waals surface area contributed by atoms with Crippen LogP contribution in [0.4, 0.5) is 0 Å². The summed E-state index contributed by atoms with van der Waals surface area (Å²) in [5, 5.41) is 9.97. The van der Waals surface area contributed by atoms with Gasteiger partial charge in [0, 0.05) is 16.4 Å². The van der Waals surface area contributed by atoms with Crippen molar-refractivity contribution < 1.29 is 0 Å². The van der Waals surface area contributed by atoms with Crippen LogP contribution in [0.2, 0.25) is 5.02 Å². The average molecular weight is 258 g/mol. The molecule has 4 heteroatoms. The van der Waals surface area contributed by atoms with Gasteiger partial charge in [-0.1, -0.05) is 23.7 Å². The highest BCUT2D eigenvalue weighted by Crippen LogP contribution is 2.23. The van der Waals surface area contributed by atoms with E-state index in [0.717, 1.165) is 17.0 Å². The monoisotopic (exact) mass is 257 g/mol.